The van der Waals surface area contributed by atoms with Crippen LogP contribution in [0.25, 0.3) is 89.4 Å². The first-order chi connectivity index (χ1) is 27.7. The first-order valence-corrected chi connectivity index (χ1v) is 18.3. The third-order valence-electron chi connectivity index (χ3n) is 9.54. The van der Waals surface area contributed by atoms with E-state index >= 15 is 0 Å². The molecule has 0 spiro atoms. The Balaban J connectivity index is 0.000000146. The molecule has 4 heterocycles. The molecule has 10 aromatic rings. The van der Waals surface area contributed by atoms with Gasteiger partial charge in [-0.3, -0.25) is 9.97 Å². The first-order valence-electron chi connectivity index (χ1n) is 18.3. The molecule has 0 unspecified atom stereocenters. The molecular weight excluding hydrogens is 687 g/mol. The van der Waals surface area contributed by atoms with Crippen LogP contribution in [-0.2, 0) is 0 Å². The quantitative estimate of drug-likeness (QED) is 0.169. The molecule has 0 aliphatic carbocycles. The summed E-state index contributed by atoms with van der Waals surface area (Å²) in [5, 5.41) is 4.80. The molecule has 0 amide bonds. The fourth-order valence-corrected chi connectivity index (χ4v) is 6.59. The van der Waals surface area contributed by atoms with Crippen molar-refractivity contribution in [3.63, 3.8) is 0 Å². The fraction of sp³-hybridized carbons (Fsp3) is 0. The number of nitrogens with zero attached hydrogens (tertiary/aromatic N) is 7. The predicted molar refractivity (Wildman–Crippen MR) is 225 cm³/mol. The number of hydrogen-bond donors (Lipinski definition) is 0. The molecule has 0 aliphatic rings. The van der Waals surface area contributed by atoms with Crippen molar-refractivity contribution < 1.29 is 0 Å². The van der Waals surface area contributed by atoms with Crippen LogP contribution in [0.4, 0.5) is 0 Å². The SMILES string of the molecule is c1ccc(-c2ccc(-c3cc(-c4ccc5ccccc5c4)ncn3)cc2)nc1.c1ccc(-c2ccc(-c3ncnc(-c4ccc5ccccc5c4)n3)cc2)nc1. The molecule has 0 saturated carbocycles. The van der Waals surface area contributed by atoms with Crippen LogP contribution in [0.5, 0.6) is 0 Å². The fourth-order valence-electron chi connectivity index (χ4n) is 6.59. The Morgan fingerprint density at radius 1 is 0.250 bits per heavy atom. The Morgan fingerprint density at radius 3 is 1.21 bits per heavy atom. The molecule has 7 heteroatoms. The molecule has 10 rings (SSSR count). The first kappa shape index (κ1) is 34.0. The molecule has 264 valence electrons. The van der Waals surface area contributed by atoms with E-state index in [0.29, 0.717) is 11.6 Å². The Labute approximate surface area is 324 Å². The minimum absolute atomic E-state index is 0.658. The zero-order valence-electron chi connectivity index (χ0n) is 30.2. The van der Waals surface area contributed by atoms with Gasteiger partial charge in [0.25, 0.3) is 0 Å². The van der Waals surface area contributed by atoms with Crippen molar-refractivity contribution >= 4 is 21.5 Å². The molecular formula is C49H33N7. The standard InChI is InChI=1S/C25H17N3.C24H16N4/c1-2-6-21-15-22(13-8-18(21)5-1)25-16-24(27-17-28-25)20-11-9-19(10-12-20)23-7-3-4-14-26-23;1-2-6-20-15-21(13-8-17(20)5-1)24-27-16-26-23(28-24)19-11-9-18(10-12-19)22-7-3-4-14-25-22/h1-17H;1-16H. The minimum Gasteiger partial charge on any atom is -0.256 e. The highest BCUT2D eigenvalue weighted by molar-refractivity contribution is 5.88. The maximum atomic E-state index is 4.68. The summed E-state index contributed by atoms with van der Waals surface area (Å²) in [7, 11) is 0. The summed E-state index contributed by atoms with van der Waals surface area (Å²) in [5.41, 5.74) is 9.97. The second-order valence-corrected chi connectivity index (χ2v) is 13.1. The van der Waals surface area contributed by atoms with Gasteiger partial charge in [0, 0.05) is 45.8 Å². The summed E-state index contributed by atoms with van der Waals surface area (Å²) in [6, 6.07) is 59.6. The molecule has 0 radical (unpaired) electrons. The summed E-state index contributed by atoms with van der Waals surface area (Å²) in [6.45, 7) is 0. The summed E-state index contributed by atoms with van der Waals surface area (Å²) in [5.74, 6) is 1.33. The van der Waals surface area contributed by atoms with Gasteiger partial charge in [0.1, 0.15) is 12.7 Å². The predicted octanol–water partition coefficient (Wildman–Crippen LogP) is 11.4. The average Bonchev–Trinajstić information content (AvgIpc) is 3.30. The van der Waals surface area contributed by atoms with Gasteiger partial charge in [0.2, 0.25) is 0 Å². The van der Waals surface area contributed by atoms with Crippen LogP contribution in [0.1, 0.15) is 0 Å². The van der Waals surface area contributed by atoms with Crippen LogP contribution >= 0.6 is 0 Å². The number of pyridine rings is 2. The molecule has 4 aromatic heterocycles. The highest BCUT2D eigenvalue weighted by Gasteiger charge is 2.09. The topological polar surface area (TPSA) is 90.2 Å². The van der Waals surface area contributed by atoms with Crippen molar-refractivity contribution in [1.82, 2.24) is 34.9 Å². The van der Waals surface area contributed by atoms with Gasteiger partial charge in [0.15, 0.2) is 11.6 Å². The number of hydrogen-bond acceptors (Lipinski definition) is 7. The van der Waals surface area contributed by atoms with Crippen molar-refractivity contribution in [3.8, 4) is 67.8 Å². The van der Waals surface area contributed by atoms with Crippen LogP contribution in [0.2, 0.25) is 0 Å². The van der Waals surface area contributed by atoms with Crippen molar-refractivity contribution in [2.75, 3.05) is 0 Å². The third-order valence-corrected chi connectivity index (χ3v) is 9.54. The number of aromatic nitrogens is 7. The Bertz CT molecular complexity index is 2700. The Kier molecular flexibility index (Phi) is 9.53. The summed E-state index contributed by atoms with van der Waals surface area (Å²) in [6.07, 6.45) is 6.81. The van der Waals surface area contributed by atoms with Crippen LogP contribution in [0.3, 0.4) is 0 Å². The second-order valence-electron chi connectivity index (χ2n) is 13.1. The maximum Gasteiger partial charge on any atom is 0.163 e. The molecule has 0 bridgehead atoms. The van der Waals surface area contributed by atoms with Gasteiger partial charge in [-0.05, 0) is 64.0 Å². The molecule has 0 N–H and O–H groups in total. The van der Waals surface area contributed by atoms with Gasteiger partial charge in [-0.15, -0.1) is 0 Å². The molecule has 7 nitrogen and oxygen atoms in total. The summed E-state index contributed by atoms with van der Waals surface area (Å²) < 4.78 is 0. The smallest absolute Gasteiger partial charge is 0.163 e. The number of rotatable bonds is 6. The van der Waals surface area contributed by atoms with E-state index in [-0.39, 0.29) is 0 Å². The van der Waals surface area contributed by atoms with Crippen molar-refractivity contribution in [3.05, 3.63) is 201 Å². The summed E-state index contributed by atoms with van der Waals surface area (Å²) >= 11 is 0. The number of benzene rings is 6. The van der Waals surface area contributed by atoms with Crippen LogP contribution in [0, 0.1) is 0 Å². The van der Waals surface area contributed by atoms with E-state index in [0.717, 1.165) is 56.2 Å². The highest BCUT2D eigenvalue weighted by atomic mass is 15.0. The van der Waals surface area contributed by atoms with Crippen LogP contribution < -0.4 is 0 Å². The van der Waals surface area contributed by atoms with Crippen molar-refractivity contribution in [2.45, 2.75) is 0 Å². The molecule has 56 heavy (non-hydrogen) atoms. The van der Waals surface area contributed by atoms with E-state index in [4.69, 9.17) is 0 Å². The van der Waals surface area contributed by atoms with Gasteiger partial charge in [-0.25, -0.2) is 24.9 Å². The minimum atomic E-state index is 0.658. The second kappa shape index (κ2) is 15.7. The lowest BCUT2D eigenvalue weighted by Crippen LogP contribution is -1.95. The van der Waals surface area contributed by atoms with Crippen molar-refractivity contribution in [1.29, 1.82) is 0 Å². The van der Waals surface area contributed by atoms with E-state index in [2.05, 4.69) is 126 Å². The van der Waals surface area contributed by atoms with Gasteiger partial charge in [-0.1, -0.05) is 133 Å². The lowest BCUT2D eigenvalue weighted by Gasteiger charge is -2.07. The maximum absolute atomic E-state index is 4.68. The number of fused-ring (bicyclic) bond motifs is 2. The monoisotopic (exact) mass is 719 g/mol. The largest absolute Gasteiger partial charge is 0.256 e. The van der Waals surface area contributed by atoms with E-state index in [1.165, 1.54) is 21.5 Å². The highest BCUT2D eigenvalue weighted by Crippen LogP contribution is 2.28. The van der Waals surface area contributed by atoms with Crippen LogP contribution in [0.15, 0.2) is 201 Å². The van der Waals surface area contributed by atoms with Gasteiger partial charge >= 0.3 is 0 Å². The zero-order valence-corrected chi connectivity index (χ0v) is 30.2. The summed E-state index contributed by atoms with van der Waals surface area (Å²) in [4.78, 5) is 31.2. The van der Waals surface area contributed by atoms with Crippen LogP contribution in [-0.4, -0.2) is 34.9 Å². The van der Waals surface area contributed by atoms with Gasteiger partial charge in [-0.2, -0.15) is 0 Å². The Hall–Kier alpha value is -7.77. The van der Waals surface area contributed by atoms with Crippen molar-refractivity contribution in [2.24, 2.45) is 0 Å². The lowest BCUT2D eigenvalue weighted by molar-refractivity contribution is 1.07. The third kappa shape index (κ3) is 7.51. The molecule has 6 aromatic carbocycles. The average molecular weight is 720 g/mol. The normalized spacial score (nSPS) is 10.9. The van der Waals surface area contributed by atoms with E-state index in [9.17, 15) is 0 Å². The molecule has 0 aliphatic heterocycles. The van der Waals surface area contributed by atoms with Gasteiger partial charge in [0.05, 0.1) is 22.8 Å². The molecule has 0 atom stereocenters. The molecule has 0 fully saturated rings. The zero-order chi connectivity index (χ0) is 37.5. The van der Waals surface area contributed by atoms with Gasteiger partial charge < -0.3 is 0 Å². The molecule has 0 saturated heterocycles. The van der Waals surface area contributed by atoms with E-state index in [1.807, 2.05) is 91.1 Å². The Morgan fingerprint density at radius 2 is 0.661 bits per heavy atom. The van der Waals surface area contributed by atoms with E-state index in [1.54, 1.807) is 18.9 Å². The lowest BCUT2D eigenvalue weighted by atomic mass is 10.0. The van der Waals surface area contributed by atoms with E-state index < -0.39 is 0 Å².